The summed E-state index contributed by atoms with van der Waals surface area (Å²) in [5.74, 6) is 1.06. The van der Waals surface area contributed by atoms with Crippen molar-refractivity contribution in [2.75, 3.05) is 27.1 Å². The minimum Gasteiger partial charge on any atom is -0.497 e. The van der Waals surface area contributed by atoms with E-state index in [1.165, 1.54) is 14.2 Å². The highest BCUT2D eigenvalue weighted by Gasteiger charge is 2.12. The molecule has 0 spiro atoms. The van der Waals surface area contributed by atoms with Gasteiger partial charge >= 0.3 is 0 Å². The lowest BCUT2D eigenvalue weighted by Crippen LogP contribution is -2.21. The van der Waals surface area contributed by atoms with Crippen LogP contribution in [0.1, 0.15) is 0 Å². The molecule has 90 valence electrons. The summed E-state index contributed by atoms with van der Waals surface area (Å²) in [6, 6.07) is 7.11. The molecule has 0 bridgehead atoms. The van der Waals surface area contributed by atoms with Gasteiger partial charge in [0.05, 0.1) is 23.7 Å². The van der Waals surface area contributed by atoms with E-state index in [2.05, 4.69) is 0 Å². The van der Waals surface area contributed by atoms with Gasteiger partial charge in [0.2, 0.25) is 0 Å². The predicted molar refractivity (Wildman–Crippen MR) is 62.1 cm³/mol. The van der Waals surface area contributed by atoms with Crippen LogP contribution in [0, 0.1) is 0 Å². The summed E-state index contributed by atoms with van der Waals surface area (Å²) in [4.78, 5) is 0.736. The molecular weight excluding hydrogens is 228 g/mol. The monoisotopic (exact) mass is 244 g/mol. The van der Waals surface area contributed by atoms with Crippen LogP contribution >= 0.6 is 0 Å². The maximum absolute atomic E-state index is 11.9. The van der Waals surface area contributed by atoms with Crippen LogP contribution in [0.3, 0.4) is 0 Å². The first-order valence-corrected chi connectivity index (χ1v) is 6.11. The quantitative estimate of drug-likeness (QED) is 0.710. The summed E-state index contributed by atoms with van der Waals surface area (Å²) in [6.07, 6.45) is -0.442. The Morgan fingerprint density at radius 3 is 2.12 bits per heavy atom. The second kappa shape index (κ2) is 6.62. The van der Waals surface area contributed by atoms with Crippen LogP contribution in [-0.4, -0.2) is 37.6 Å². The summed E-state index contributed by atoms with van der Waals surface area (Å²) in [5.41, 5.74) is 0. The van der Waals surface area contributed by atoms with Gasteiger partial charge in [-0.2, -0.15) is 0 Å². The Hall–Kier alpha value is -0.910. The van der Waals surface area contributed by atoms with Crippen LogP contribution in [0.2, 0.25) is 0 Å². The molecule has 0 saturated heterocycles. The molecule has 16 heavy (non-hydrogen) atoms. The third-order valence-electron chi connectivity index (χ3n) is 2.14. The van der Waals surface area contributed by atoms with E-state index in [0.29, 0.717) is 5.75 Å². The molecule has 0 aliphatic heterocycles. The molecule has 0 heterocycles. The fraction of sp³-hybridized carbons (Fsp3) is 0.455. The molecule has 1 aromatic rings. The van der Waals surface area contributed by atoms with E-state index in [1.807, 2.05) is 0 Å². The van der Waals surface area contributed by atoms with Gasteiger partial charge in [-0.15, -0.1) is 0 Å². The number of methoxy groups -OCH3 is 3. The van der Waals surface area contributed by atoms with E-state index < -0.39 is 17.1 Å². The minimum absolute atomic E-state index is 0.319. The number of benzene rings is 1. The number of hydrogen-bond acceptors (Lipinski definition) is 4. The maximum Gasteiger partial charge on any atom is 0.168 e. The van der Waals surface area contributed by atoms with Crippen molar-refractivity contribution >= 4 is 10.8 Å². The Labute approximate surface area is 98.0 Å². The molecule has 0 fully saturated rings. The van der Waals surface area contributed by atoms with Crippen LogP contribution in [-0.2, 0) is 20.3 Å². The third-order valence-corrected chi connectivity index (χ3v) is 3.51. The first-order valence-electron chi connectivity index (χ1n) is 4.79. The molecule has 5 heteroatoms. The second-order valence-corrected chi connectivity index (χ2v) is 4.58. The average molecular weight is 244 g/mol. The zero-order chi connectivity index (χ0) is 12.0. The molecule has 1 unspecified atom stereocenters. The van der Waals surface area contributed by atoms with Crippen molar-refractivity contribution in [3.05, 3.63) is 24.3 Å². The lowest BCUT2D eigenvalue weighted by Gasteiger charge is -2.12. The van der Waals surface area contributed by atoms with E-state index in [9.17, 15) is 4.21 Å². The van der Waals surface area contributed by atoms with Crippen LogP contribution in [0.4, 0.5) is 0 Å². The molecule has 0 saturated carbocycles. The Kier molecular flexibility index (Phi) is 5.45. The third kappa shape index (κ3) is 3.59. The highest BCUT2D eigenvalue weighted by molar-refractivity contribution is 7.85. The topological polar surface area (TPSA) is 44.8 Å². The van der Waals surface area contributed by atoms with Crippen molar-refractivity contribution in [1.82, 2.24) is 0 Å². The zero-order valence-electron chi connectivity index (χ0n) is 9.64. The molecule has 4 nitrogen and oxygen atoms in total. The van der Waals surface area contributed by atoms with E-state index in [-0.39, 0.29) is 0 Å². The molecule has 0 N–H and O–H groups in total. The van der Waals surface area contributed by atoms with E-state index in [4.69, 9.17) is 14.2 Å². The highest BCUT2D eigenvalue weighted by atomic mass is 32.2. The van der Waals surface area contributed by atoms with Gasteiger partial charge in [0.15, 0.2) is 6.29 Å². The number of ether oxygens (including phenoxy) is 3. The van der Waals surface area contributed by atoms with Crippen molar-refractivity contribution in [2.24, 2.45) is 0 Å². The van der Waals surface area contributed by atoms with E-state index >= 15 is 0 Å². The van der Waals surface area contributed by atoms with Gasteiger partial charge < -0.3 is 14.2 Å². The van der Waals surface area contributed by atoms with Crippen molar-refractivity contribution in [3.63, 3.8) is 0 Å². The number of hydrogen-bond donors (Lipinski definition) is 0. The van der Waals surface area contributed by atoms with Gasteiger partial charge in [0, 0.05) is 19.1 Å². The molecule has 1 atom stereocenters. The maximum atomic E-state index is 11.9. The minimum atomic E-state index is -1.13. The van der Waals surface area contributed by atoms with Gasteiger partial charge in [0.1, 0.15) is 5.75 Å². The summed E-state index contributed by atoms with van der Waals surface area (Å²) < 4.78 is 26.9. The smallest absolute Gasteiger partial charge is 0.168 e. The van der Waals surface area contributed by atoms with Crippen LogP contribution in [0.5, 0.6) is 5.75 Å². The summed E-state index contributed by atoms with van der Waals surface area (Å²) in [6.45, 7) is 0. The fourth-order valence-electron chi connectivity index (χ4n) is 1.18. The molecule has 1 aromatic carbocycles. The van der Waals surface area contributed by atoms with Crippen LogP contribution in [0.25, 0.3) is 0 Å². The molecule has 0 aromatic heterocycles. The van der Waals surface area contributed by atoms with Gasteiger partial charge in [-0.3, -0.25) is 4.21 Å². The Balaban J connectivity index is 2.65. The predicted octanol–water partition coefficient (Wildman–Crippen LogP) is 1.42. The molecular formula is C11H16O4S. The molecule has 0 aliphatic rings. The lowest BCUT2D eigenvalue weighted by atomic mass is 10.3. The van der Waals surface area contributed by atoms with Gasteiger partial charge in [-0.05, 0) is 24.3 Å². The Morgan fingerprint density at radius 2 is 1.69 bits per heavy atom. The van der Waals surface area contributed by atoms with Crippen LogP contribution < -0.4 is 4.74 Å². The van der Waals surface area contributed by atoms with Crippen LogP contribution in [0.15, 0.2) is 29.2 Å². The second-order valence-electron chi connectivity index (χ2n) is 3.09. The van der Waals surface area contributed by atoms with E-state index in [1.54, 1.807) is 31.4 Å². The van der Waals surface area contributed by atoms with Gasteiger partial charge in [-0.25, -0.2) is 0 Å². The molecule has 0 aliphatic carbocycles. The Morgan fingerprint density at radius 1 is 1.12 bits per heavy atom. The molecule has 0 amide bonds. The molecule has 0 radical (unpaired) electrons. The SMILES string of the molecule is COc1ccc(S(=O)CC(OC)OC)cc1. The van der Waals surface area contributed by atoms with Crippen molar-refractivity contribution in [1.29, 1.82) is 0 Å². The number of rotatable bonds is 6. The largest absolute Gasteiger partial charge is 0.497 e. The van der Waals surface area contributed by atoms with Crippen molar-refractivity contribution in [3.8, 4) is 5.75 Å². The first kappa shape index (κ1) is 13.2. The summed E-state index contributed by atoms with van der Waals surface area (Å²) in [7, 11) is 3.52. The fourth-order valence-corrected chi connectivity index (χ4v) is 2.33. The van der Waals surface area contributed by atoms with E-state index in [0.717, 1.165) is 10.6 Å². The summed E-state index contributed by atoms with van der Waals surface area (Å²) in [5, 5.41) is 0. The first-order chi connectivity index (χ1) is 7.71. The average Bonchev–Trinajstić information content (AvgIpc) is 2.35. The van der Waals surface area contributed by atoms with Crippen molar-refractivity contribution in [2.45, 2.75) is 11.2 Å². The summed E-state index contributed by atoms with van der Waals surface area (Å²) >= 11 is 0. The Bertz CT molecular complexity index is 332. The standard InChI is InChI=1S/C11H16O4S/c1-13-9-4-6-10(7-5-9)16(12)8-11(14-2)15-3/h4-7,11H,8H2,1-3H3. The van der Waals surface area contributed by atoms with Gasteiger partial charge in [-0.1, -0.05) is 0 Å². The normalized spacial score (nSPS) is 12.8. The highest BCUT2D eigenvalue weighted by Crippen LogP contribution is 2.15. The van der Waals surface area contributed by atoms with Gasteiger partial charge in [0.25, 0.3) is 0 Å². The molecule has 1 rings (SSSR count). The zero-order valence-corrected chi connectivity index (χ0v) is 10.5. The van der Waals surface area contributed by atoms with Crippen molar-refractivity contribution < 1.29 is 18.4 Å². The lowest BCUT2D eigenvalue weighted by molar-refractivity contribution is -0.0847.